The second kappa shape index (κ2) is 9.03. The first-order valence-corrected chi connectivity index (χ1v) is 8.58. The van der Waals surface area contributed by atoms with Crippen molar-refractivity contribution < 1.29 is 14.3 Å². The monoisotopic (exact) mass is 358 g/mol. The van der Waals surface area contributed by atoms with Gasteiger partial charge in [-0.05, 0) is 31.5 Å². The zero-order valence-electron chi connectivity index (χ0n) is 16.0. The molecule has 1 amide bonds. The van der Waals surface area contributed by atoms with Crippen LogP contribution in [0.1, 0.15) is 35.9 Å². The molecule has 1 aromatic heterocycles. The molecule has 1 heterocycles. The molecule has 2 aromatic rings. The first kappa shape index (κ1) is 19.5. The van der Waals surface area contributed by atoms with Gasteiger partial charge in [0, 0.05) is 31.0 Å². The van der Waals surface area contributed by atoms with Crippen LogP contribution in [0.2, 0.25) is 0 Å². The van der Waals surface area contributed by atoms with Gasteiger partial charge >= 0.3 is 0 Å². The molecule has 0 radical (unpaired) electrons. The van der Waals surface area contributed by atoms with Crippen LogP contribution in [0.25, 0.3) is 0 Å². The van der Waals surface area contributed by atoms with Crippen molar-refractivity contribution in [2.24, 2.45) is 0 Å². The molecule has 0 aliphatic carbocycles. The van der Waals surface area contributed by atoms with Crippen LogP contribution in [0.4, 0.5) is 11.6 Å². The van der Waals surface area contributed by atoms with Crippen LogP contribution in [-0.2, 0) is 0 Å². The number of hydrogen-bond donors (Lipinski definition) is 1. The molecule has 0 bridgehead atoms. The lowest BCUT2D eigenvalue weighted by Gasteiger charge is -2.17. The predicted octanol–water partition coefficient (Wildman–Crippen LogP) is 3.42. The molecule has 0 aliphatic rings. The summed E-state index contributed by atoms with van der Waals surface area (Å²) in [5.74, 6) is 1.49. The third-order valence-corrected chi connectivity index (χ3v) is 3.91. The van der Waals surface area contributed by atoms with Gasteiger partial charge in [-0.3, -0.25) is 4.79 Å². The first-order chi connectivity index (χ1) is 12.5. The van der Waals surface area contributed by atoms with E-state index in [1.807, 2.05) is 13.0 Å². The van der Waals surface area contributed by atoms with Crippen molar-refractivity contribution in [1.82, 2.24) is 14.9 Å². The molecule has 26 heavy (non-hydrogen) atoms. The highest BCUT2D eigenvalue weighted by atomic mass is 16.5. The zero-order valence-corrected chi connectivity index (χ0v) is 16.0. The van der Waals surface area contributed by atoms with Gasteiger partial charge in [-0.25, -0.2) is 9.97 Å². The van der Waals surface area contributed by atoms with Crippen molar-refractivity contribution >= 4 is 17.5 Å². The fraction of sp³-hybridized carbons (Fsp3) is 0.421. The van der Waals surface area contributed by atoms with Crippen LogP contribution in [0.15, 0.2) is 24.3 Å². The number of anilines is 2. The third kappa shape index (κ3) is 4.84. The maximum absolute atomic E-state index is 12.6. The molecular weight excluding hydrogens is 332 g/mol. The van der Waals surface area contributed by atoms with Crippen LogP contribution in [-0.4, -0.2) is 48.6 Å². The molecule has 1 aromatic carbocycles. The predicted molar refractivity (Wildman–Crippen MR) is 101 cm³/mol. The van der Waals surface area contributed by atoms with E-state index in [-0.39, 0.29) is 5.91 Å². The van der Waals surface area contributed by atoms with E-state index in [1.165, 1.54) is 0 Å². The lowest BCUT2D eigenvalue weighted by atomic mass is 10.2. The van der Waals surface area contributed by atoms with Crippen LogP contribution >= 0.6 is 0 Å². The number of methoxy groups -OCH3 is 2. The maximum atomic E-state index is 12.6. The average Bonchev–Trinajstić information content (AvgIpc) is 2.64. The van der Waals surface area contributed by atoms with E-state index in [1.54, 1.807) is 44.4 Å². The molecule has 7 nitrogen and oxygen atoms in total. The summed E-state index contributed by atoms with van der Waals surface area (Å²) in [6.45, 7) is 4.64. The fourth-order valence-electron chi connectivity index (χ4n) is 2.47. The van der Waals surface area contributed by atoms with E-state index in [9.17, 15) is 4.79 Å². The van der Waals surface area contributed by atoms with Gasteiger partial charge in [0.15, 0.2) is 11.5 Å². The Morgan fingerprint density at radius 2 is 1.88 bits per heavy atom. The molecule has 0 spiro atoms. The third-order valence-electron chi connectivity index (χ3n) is 3.91. The van der Waals surface area contributed by atoms with E-state index < -0.39 is 0 Å². The van der Waals surface area contributed by atoms with E-state index in [0.29, 0.717) is 29.7 Å². The zero-order chi connectivity index (χ0) is 19.1. The second-order valence-electron chi connectivity index (χ2n) is 5.99. The van der Waals surface area contributed by atoms with Crippen LogP contribution in [0.5, 0.6) is 11.5 Å². The number of carbonyl (C=O) groups excluding carboxylic acids is 1. The van der Waals surface area contributed by atoms with Crippen molar-refractivity contribution in [3.05, 3.63) is 35.7 Å². The topological polar surface area (TPSA) is 76.6 Å². The first-order valence-electron chi connectivity index (χ1n) is 8.58. The minimum Gasteiger partial charge on any atom is -0.493 e. The number of aryl methyl sites for hydroxylation is 1. The Kier molecular flexibility index (Phi) is 6.77. The number of ether oxygens (including phenoxy) is 2. The number of carbonyl (C=O) groups is 1. The SMILES string of the molecule is CCCCN(C)C(=O)c1cc(C)nc(Nc2ccc(OC)c(OC)c2)n1. The summed E-state index contributed by atoms with van der Waals surface area (Å²) in [6, 6.07) is 7.12. The quantitative estimate of drug-likeness (QED) is 0.779. The molecule has 2 rings (SSSR count). The molecule has 0 unspecified atom stereocenters. The standard InChI is InChI=1S/C19H26N4O3/c1-6-7-10-23(3)18(24)15-11-13(2)20-19(22-15)21-14-8-9-16(25-4)17(12-14)26-5/h8-9,11-12H,6-7,10H2,1-5H3,(H,20,21,22). The summed E-state index contributed by atoms with van der Waals surface area (Å²) < 4.78 is 10.5. The number of aromatic nitrogens is 2. The van der Waals surface area contributed by atoms with Gasteiger partial charge < -0.3 is 19.7 Å². The number of nitrogens with one attached hydrogen (secondary N) is 1. The van der Waals surface area contributed by atoms with Crippen molar-refractivity contribution in [3.8, 4) is 11.5 Å². The normalized spacial score (nSPS) is 10.3. The smallest absolute Gasteiger partial charge is 0.272 e. The van der Waals surface area contributed by atoms with Crippen LogP contribution < -0.4 is 14.8 Å². The van der Waals surface area contributed by atoms with E-state index in [2.05, 4.69) is 22.2 Å². The number of nitrogens with zero attached hydrogens (tertiary/aromatic N) is 3. The molecule has 0 aliphatic heterocycles. The molecular formula is C19H26N4O3. The van der Waals surface area contributed by atoms with E-state index >= 15 is 0 Å². The highest BCUT2D eigenvalue weighted by molar-refractivity contribution is 5.92. The van der Waals surface area contributed by atoms with Gasteiger partial charge in [0.2, 0.25) is 5.95 Å². The summed E-state index contributed by atoms with van der Waals surface area (Å²) in [5.41, 5.74) is 1.83. The van der Waals surface area contributed by atoms with Gasteiger partial charge in [-0.1, -0.05) is 13.3 Å². The Bertz CT molecular complexity index is 764. The Hall–Kier alpha value is -2.83. The Balaban J connectivity index is 2.23. The minimum absolute atomic E-state index is 0.112. The van der Waals surface area contributed by atoms with Crippen LogP contribution in [0.3, 0.4) is 0 Å². The molecule has 1 N–H and O–H groups in total. The molecule has 140 valence electrons. The van der Waals surface area contributed by atoms with Crippen molar-refractivity contribution in [3.63, 3.8) is 0 Å². The van der Waals surface area contributed by atoms with E-state index in [4.69, 9.17) is 9.47 Å². The summed E-state index contributed by atoms with van der Waals surface area (Å²) in [4.78, 5) is 23.0. The van der Waals surface area contributed by atoms with Gasteiger partial charge in [0.1, 0.15) is 5.69 Å². The number of hydrogen-bond acceptors (Lipinski definition) is 6. The van der Waals surface area contributed by atoms with Gasteiger partial charge in [0.05, 0.1) is 14.2 Å². The summed E-state index contributed by atoms with van der Waals surface area (Å²) in [7, 11) is 4.95. The Morgan fingerprint density at radius 1 is 1.15 bits per heavy atom. The summed E-state index contributed by atoms with van der Waals surface area (Å²) in [6.07, 6.45) is 2.00. The highest BCUT2D eigenvalue weighted by Crippen LogP contribution is 2.30. The average molecular weight is 358 g/mol. The molecule has 0 saturated heterocycles. The van der Waals surface area contributed by atoms with Gasteiger partial charge in [0.25, 0.3) is 5.91 Å². The molecule has 0 saturated carbocycles. The summed E-state index contributed by atoms with van der Waals surface area (Å²) in [5, 5.41) is 3.12. The van der Waals surface area contributed by atoms with Gasteiger partial charge in [-0.15, -0.1) is 0 Å². The number of amides is 1. The van der Waals surface area contributed by atoms with E-state index in [0.717, 1.165) is 24.2 Å². The van der Waals surface area contributed by atoms with Crippen molar-refractivity contribution in [1.29, 1.82) is 0 Å². The Labute approximate surface area is 154 Å². The highest BCUT2D eigenvalue weighted by Gasteiger charge is 2.15. The number of rotatable bonds is 8. The van der Waals surface area contributed by atoms with Crippen molar-refractivity contribution in [2.75, 3.05) is 33.1 Å². The lowest BCUT2D eigenvalue weighted by molar-refractivity contribution is 0.0787. The lowest BCUT2D eigenvalue weighted by Crippen LogP contribution is -2.28. The number of benzene rings is 1. The minimum atomic E-state index is -0.112. The summed E-state index contributed by atoms with van der Waals surface area (Å²) >= 11 is 0. The Morgan fingerprint density at radius 3 is 2.54 bits per heavy atom. The van der Waals surface area contributed by atoms with Crippen LogP contribution in [0, 0.1) is 6.92 Å². The fourth-order valence-corrected chi connectivity index (χ4v) is 2.47. The molecule has 0 atom stereocenters. The maximum Gasteiger partial charge on any atom is 0.272 e. The largest absolute Gasteiger partial charge is 0.493 e. The van der Waals surface area contributed by atoms with Crippen molar-refractivity contribution in [2.45, 2.75) is 26.7 Å². The van der Waals surface area contributed by atoms with Gasteiger partial charge in [-0.2, -0.15) is 0 Å². The molecule has 0 fully saturated rings. The second-order valence-corrected chi connectivity index (χ2v) is 5.99. The number of unbranched alkanes of at least 4 members (excludes halogenated alkanes) is 1. The molecule has 7 heteroatoms.